The molecule has 0 saturated heterocycles. The van der Waals surface area contributed by atoms with Crippen LogP contribution in [0.5, 0.6) is 5.75 Å². The maximum Gasteiger partial charge on any atom is 0.123 e. The molecule has 0 spiro atoms. The Labute approximate surface area is 113 Å². The van der Waals surface area contributed by atoms with Crippen molar-refractivity contribution in [3.8, 4) is 5.75 Å². The molecule has 2 aromatic rings. The molecule has 0 radical (unpaired) electrons. The molecule has 0 aliphatic carbocycles. The van der Waals surface area contributed by atoms with E-state index in [0.717, 1.165) is 17.0 Å². The Hall–Kier alpha value is -1.94. The number of nitrogens with one attached hydrogen (secondary N) is 1. The largest absolute Gasteiger partial charge is 0.496 e. The molecule has 0 aliphatic rings. The molecule has 0 aliphatic heterocycles. The van der Waals surface area contributed by atoms with Crippen molar-refractivity contribution in [3.63, 3.8) is 0 Å². The zero-order valence-corrected chi connectivity index (χ0v) is 11.6. The highest BCUT2D eigenvalue weighted by molar-refractivity contribution is 5.39. The van der Waals surface area contributed by atoms with Crippen LogP contribution in [-0.4, -0.2) is 17.3 Å². The number of aryl methyl sites for hydroxylation is 1. The molecule has 100 valence electrons. The number of hydrogen-bond donors (Lipinski definition) is 1. The molecular weight excluding hydrogens is 238 g/mol. The van der Waals surface area contributed by atoms with Crippen LogP contribution in [0.3, 0.4) is 0 Å². The van der Waals surface area contributed by atoms with Crippen molar-refractivity contribution in [2.45, 2.75) is 26.4 Å². The summed E-state index contributed by atoms with van der Waals surface area (Å²) in [5, 5.41) is 11.4. The molecule has 1 heterocycles. The van der Waals surface area contributed by atoms with Gasteiger partial charge in [-0.25, -0.2) is 0 Å². The molecule has 1 aromatic carbocycles. The fourth-order valence-corrected chi connectivity index (χ4v) is 1.97. The van der Waals surface area contributed by atoms with Crippen molar-refractivity contribution in [1.29, 1.82) is 0 Å². The minimum Gasteiger partial charge on any atom is -0.496 e. The van der Waals surface area contributed by atoms with E-state index in [2.05, 4.69) is 47.6 Å². The van der Waals surface area contributed by atoms with Gasteiger partial charge < -0.3 is 10.1 Å². The van der Waals surface area contributed by atoms with Crippen LogP contribution in [0.2, 0.25) is 0 Å². The van der Waals surface area contributed by atoms with E-state index in [1.165, 1.54) is 5.56 Å². The zero-order valence-electron chi connectivity index (χ0n) is 11.6. The Morgan fingerprint density at radius 1 is 1.32 bits per heavy atom. The Morgan fingerprint density at radius 2 is 2.16 bits per heavy atom. The predicted octanol–water partition coefficient (Wildman–Crippen LogP) is 2.64. The number of aromatic nitrogens is 2. The topological polar surface area (TPSA) is 47.0 Å². The van der Waals surface area contributed by atoms with Gasteiger partial charge in [0.2, 0.25) is 0 Å². The van der Waals surface area contributed by atoms with Gasteiger partial charge in [-0.15, -0.1) is 0 Å². The van der Waals surface area contributed by atoms with Gasteiger partial charge in [0.15, 0.2) is 0 Å². The summed E-state index contributed by atoms with van der Waals surface area (Å²) in [5.74, 6) is 0.916. The summed E-state index contributed by atoms with van der Waals surface area (Å²) in [7, 11) is 1.70. The minimum absolute atomic E-state index is 0.192. The van der Waals surface area contributed by atoms with Crippen LogP contribution in [0.1, 0.15) is 29.8 Å². The second kappa shape index (κ2) is 6.29. The van der Waals surface area contributed by atoms with Gasteiger partial charge in [0, 0.05) is 24.3 Å². The van der Waals surface area contributed by atoms with E-state index >= 15 is 0 Å². The maximum absolute atomic E-state index is 5.43. The van der Waals surface area contributed by atoms with E-state index in [4.69, 9.17) is 4.74 Å². The number of benzene rings is 1. The second-order valence-electron chi connectivity index (χ2n) is 4.56. The first-order valence-corrected chi connectivity index (χ1v) is 6.35. The van der Waals surface area contributed by atoms with Crippen LogP contribution >= 0.6 is 0 Å². The highest BCUT2D eigenvalue weighted by atomic mass is 16.5. The van der Waals surface area contributed by atoms with Gasteiger partial charge in [-0.3, -0.25) is 0 Å². The van der Waals surface area contributed by atoms with Crippen molar-refractivity contribution < 1.29 is 4.74 Å². The third-order valence-electron chi connectivity index (χ3n) is 3.07. The van der Waals surface area contributed by atoms with Crippen LogP contribution in [0.25, 0.3) is 0 Å². The Balaban J connectivity index is 2.05. The number of rotatable bonds is 5. The van der Waals surface area contributed by atoms with Gasteiger partial charge in [0.1, 0.15) is 5.75 Å². The van der Waals surface area contributed by atoms with Crippen molar-refractivity contribution in [2.24, 2.45) is 0 Å². The molecule has 0 fully saturated rings. The van der Waals surface area contributed by atoms with Crippen LogP contribution < -0.4 is 10.1 Å². The lowest BCUT2D eigenvalue weighted by molar-refractivity contribution is 0.401. The second-order valence-corrected chi connectivity index (χ2v) is 4.56. The van der Waals surface area contributed by atoms with Crippen molar-refractivity contribution in [1.82, 2.24) is 15.5 Å². The van der Waals surface area contributed by atoms with Gasteiger partial charge in [-0.1, -0.05) is 12.1 Å². The molecule has 19 heavy (non-hydrogen) atoms. The summed E-state index contributed by atoms with van der Waals surface area (Å²) >= 11 is 0. The third kappa shape index (κ3) is 3.51. The van der Waals surface area contributed by atoms with Crippen molar-refractivity contribution in [2.75, 3.05) is 7.11 Å². The Kier molecular flexibility index (Phi) is 4.47. The molecule has 2 rings (SSSR count). The van der Waals surface area contributed by atoms with Crippen LogP contribution in [0, 0.1) is 6.92 Å². The minimum atomic E-state index is 0.192. The summed E-state index contributed by atoms with van der Waals surface area (Å²) in [6.07, 6.45) is 1.68. The van der Waals surface area contributed by atoms with Gasteiger partial charge >= 0.3 is 0 Å². The summed E-state index contributed by atoms with van der Waals surface area (Å²) in [4.78, 5) is 0. The number of ether oxygens (including phenoxy) is 1. The fraction of sp³-hybridized carbons (Fsp3) is 0.333. The summed E-state index contributed by atoms with van der Waals surface area (Å²) in [6, 6.07) is 10.3. The molecule has 1 atom stereocenters. The summed E-state index contributed by atoms with van der Waals surface area (Å²) in [5.41, 5.74) is 3.28. The predicted molar refractivity (Wildman–Crippen MR) is 75.0 cm³/mol. The van der Waals surface area contributed by atoms with Gasteiger partial charge in [-0.05, 0) is 37.6 Å². The Morgan fingerprint density at radius 3 is 2.84 bits per heavy atom. The molecule has 4 nitrogen and oxygen atoms in total. The normalized spacial score (nSPS) is 12.2. The lowest BCUT2D eigenvalue weighted by Crippen LogP contribution is -2.19. The average Bonchev–Trinajstić information content (AvgIpc) is 2.45. The van der Waals surface area contributed by atoms with Crippen LogP contribution in [0.4, 0.5) is 0 Å². The van der Waals surface area contributed by atoms with Crippen LogP contribution in [0.15, 0.2) is 36.5 Å². The highest BCUT2D eigenvalue weighted by Gasteiger charge is 2.11. The number of methoxy groups -OCH3 is 1. The molecule has 4 heteroatoms. The van der Waals surface area contributed by atoms with E-state index in [-0.39, 0.29) is 6.04 Å². The molecular formula is C15H19N3O. The summed E-state index contributed by atoms with van der Waals surface area (Å²) in [6.45, 7) is 4.86. The van der Waals surface area contributed by atoms with Gasteiger partial charge in [0.25, 0.3) is 0 Å². The number of hydrogen-bond acceptors (Lipinski definition) is 4. The first kappa shape index (κ1) is 13.5. The fourth-order valence-electron chi connectivity index (χ4n) is 1.97. The maximum atomic E-state index is 5.43. The van der Waals surface area contributed by atoms with E-state index < -0.39 is 0 Å². The molecule has 0 saturated carbocycles. The van der Waals surface area contributed by atoms with Crippen LogP contribution in [-0.2, 0) is 6.54 Å². The molecule has 1 aromatic heterocycles. The standard InChI is InChI=1S/C15H19N3O/c1-11-6-7-14(15(9-11)19-3)12(2)16-10-13-5-4-8-17-18-13/h4-9,12,16H,10H2,1-3H3. The van der Waals surface area contributed by atoms with Gasteiger partial charge in [-0.2, -0.15) is 10.2 Å². The van der Waals surface area contributed by atoms with Crippen molar-refractivity contribution >= 4 is 0 Å². The van der Waals surface area contributed by atoms with E-state index in [1.54, 1.807) is 13.3 Å². The quantitative estimate of drug-likeness (QED) is 0.894. The monoisotopic (exact) mass is 257 g/mol. The molecule has 0 amide bonds. The van der Waals surface area contributed by atoms with E-state index in [1.807, 2.05) is 12.1 Å². The van der Waals surface area contributed by atoms with E-state index in [9.17, 15) is 0 Å². The van der Waals surface area contributed by atoms with Crippen molar-refractivity contribution in [3.05, 3.63) is 53.3 Å². The smallest absolute Gasteiger partial charge is 0.123 e. The lowest BCUT2D eigenvalue weighted by atomic mass is 10.0. The molecule has 1 N–H and O–H groups in total. The third-order valence-corrected chi connectivity index (χ3v) is 3.07. The number of nitrogens with zero attached hydrogens (tertiary/aromatic N) is 2. The molecule has 1 unspecified atom stereocenters. The highest BCUT2D eigenvalue weighted by Crippen LogP contribution is 2.26. The SMILES string of the molecule is COc1cc(C)ccc1C(C)NCc1cccnn1. The van der Waals surface area contributed by atoms with E-state index in [0.29, 0.717) is 6.54 Å². The van der Waals surface area contributed by atoms with Gasteiger partial charge in [0.05, 0.1) is 12.8 Å². The summed E-state index contributed by atoms with van der Waals surface area (Å²) < 4.78 is 5.43. The first-order chi connectivity index (χ1) is 9.20. The molecule has 0 bridgehead atoms. The average molecular weight is 257 g/mol. The Bertz CT molecular complexity index is 528. The lowest BCUT2D eigenvalue weighted by Gasteiger charge is -2.17. The first-order valence-electron chi connectivity index (χ1n) is 6.35. The zero-order chi connectivity index (χ0) is 13.7.